The van der Waals surface area contributed by atoms with Gasteiger partial charge in [-0.15, -0.1) is 0 Å². The Morgan fingerprint density at radius 3 is 2.37 bits per heavy atom. The predicted octanol–water partition coefficient (Wildman–Crippen LogP) is 2.66. The van der Waals surface area contributed by atoms with Gasteiger partial charge in [-0.3, -0.25) is 0 Å². The van der Waals surface area contributed by atoms with Crippen LogP contribution in [0, 0.1) is 5.82 Å². The molecule has 0 aliphatic rings. The van der Waals surface area contributed by atoms with Crippen LogP contribution in [0.3, 0.4) is 0 Å². The van der Waals surface area contributed by atoms with Gasteiger partial charge in [0.2, 0.25) is 0 Å². The van der Waals surface area contributed by atoms with E-state index in [9.17, 15) is 9.50 Å². The highest BCUT2D eigenvalue weighted by molar-refractivity contribution is 5.49. The molecule has 0 saturated heterocycles. The number of benzene rings is 1. The van der Waals surface area contributed by atoms with E-state index in [4.69, 9.17) is 0 Å². The van der Waals surface area contributed by atoms with Crippen molar-refractivity contribution in [2.75, 3.05) is 38.6 Å². The van der Waals surface area contributed by atoms with Crippen molar-refractivity contribution in [2.45, 2.75) is 26.4 Å². The van der Waals surface area contributed by atoms with E-state index < -0.39 is 6.10 Å². The maximum absolute atomic E-state index is 14.1. The molecule has 1 aromatic rings. The summed E-state index contributed by atoms with van der Waals surface area (Å²) < 4.78 is 14.1. The first-order chi connectivity index (χ1) is 8.95. The Kier molecular flexibility index (Phi) is 6.25. The van der Waals surface area contributed by atoms with Gasteiger partial charge in [0.15, 0.2) is 0 Å². The number of anilines is 1. The highest BCUT2D eigenvalue weighted by atomic mass is 19.1. The molecule has 0 spiro atoms. The number of aliphatic hydroxyl groups excluding tert-OH is 1. The predicted molar refractivity (Wildman–Crippen MR) is 78.1 cm³/mol. The molecule has 1 rings (SSSR count). The van der Waals surface area contributed by atoms with Crippen molar-refractivity contribution in [3.05, 3.63) is 29.6 Å². The van der Waals surface area contributed by atoms with Crippen LogP contribution in [-0.4, -0.2) is 43.7 Å². The maximum atomic E-state index is 14.1. The minimum Gasteiger partial charge on any atom is -0.389 e. The second kappa shape index (κ2) is 7.46. The third-order valence-corrected chi connectivity index (χ3v) is 3.11. The molecule has 108 valence electrons. The molecule has 1 N–H and O–H groups in total. The monoisotopic (exact) mass is 268 g/mol. The van der Waals surface area contributed by atoms with Gasteiger partial charge in [-0.25, -0.2) is 4.39 Å². The molecule has 0 fully saturated rings. The average Bonchev–Trinajstić information content (AvgIpc) is 2.34. The first kappa shape index (κ1) is 15.9. The highest BCUT2D eigenvalue weighted by Crippen LogP contribution is 2.23. The van der Waals surface area contributed by atoms with E-state index in [0.29, 0.717) is 11.3 Å². The van der Waals surface area contributed by atoms with Crippen molar-refractivity contribution in [3.8, 4) is 0 Å². The smallest absolute Gasteiger partial charge is 0.146 e. The number of hydrogen-bond acceptors (Lipinski definition) is 3. The quantitative estimate of drug-likeness (QED) is 0.823. The summed E-state index contributed by atoms with van der Waals surface area (Å²) in [5, 5.41) is 9.47. The highest BCUT2D eigenvalue weighted by Gasteiger charge is 2.13. The van der Waals surface area contributed by atoms with Crippen molar-refractivity contribution < 1.29 is 9.50 Å². The van der Waals surface area contributed by atoms with Crippen molar-refractivity contribution in [1.82, 2.24) is 4.90 Å². The standard InChI is InChI=1S/C15H25FN2O/c1-5-8-18(10-9-17(3)4)15-7-6-13(12(2)19)11-14(15)16/h6-7,11-12,19H,5,8-10H2,1-4H3/t12-/m1/s1. The van der Waals surface area contributed by atoms with Crippen LogP contribution in [0.25, 0.3) is 0 Å². The van der Waals surface area contributed by atoms with Gasteiger partial charge in [-0.1, -0.05) is 13.0 Å². The van der Waals surface area contributed by atoms with Crippen LogP contribution in [-0.2, 0) is 0 Å². The minimum atomic E-state index is -0.634. The molecule has 0 amide bonds. The van der Waals surface area contributed by atoms with Crippen molar-refractivity contribution >= 4 is 5.69 Å². The molecule has 19 heavy (non-hydrogen) atoms. The van der Waals surface area contributed by atoms with Gasteiger partial charge in [0, 0.05) is 19.6 Å². The van der Waals surface area contributed by atoms with Crippen LogP contribution < -0.4 is 4.90 Å². The fraction of sp³-hybridized carbons (Fsp3) is 0.600. The molecule has 0 aliphatic carbocycles. The zero-order chi connectivity index (χ0) is 14.4. The first-order valence-electron chi connectivity index (χ1n) is 6.83. The molecule has 0 bridgehead atoms. The Morgan fingerprint density at radius 1 is 1.21 bits per heavy atom. The van der Waals surface area contributed by atoms with Crippen molar-refractivity contribution in [3.63, 3.8) is 0 Å². The van der Waals surface area contributed by atoms with Crippen molar-refractivity contribution in [1.29, 1.82) is 0 Å². The van der Waals surface area contributed by atoms with Crippen molar-refractivity contribution in [2.24, 2.45) is 0 Å². The summed E-state index contributed by atoms with van der Waals surface area (Å²) in [6, 6.07) is 4.99. The van der Waals surface area contributed by atoms with Gasteiger partial charge >= 0.3 is 0 Å². The Bertz CT molecular complexity index is 394. The Labute approximate surface area is 115 Å². The SMILES string of the molecule is CCCN(CCN(C)C)c1ccc([C@@H](C)O)cc1F. The van der Waals surface area contributed by atoms with Crippen LogP contribution in [0.1, 0.15) is 31.9 Å². The molecular formula is C15H25FN2O. The molecule has 0 aromatic heterocycles. The summed E-state index contributed by atoms with van der Waals surface area (Å²) in [6.07, 6.45) is 0.343. The lowest BCUT2D eigenvalue weighted by Crippen LogP contribution is -2.33. The van der Waals surface area contributed by atoms with E-state index in [0.717, 1.165) is 26.1 Å². The van der Waals surface area contributed by atoms with E-state index in [1.807, 2.05) is 14.1 Å². The fourth-order valence-corrected chi connectivity index (χ4v) is 1.98. The lowest BCUT2D eigenvalue weighted by Gasteiger charge is -2.26. The summed E-state index contributed by atoms with van der Waals surface area (Å²) in [7, 11) is 4.02. The molecule has 3 nitrogen and oxygen atoms in total. The van der Waals surface area contributed by atoms with Gasteiger partial charge in [0.25, 0.3) is 0 Å². The lowest BCUT2D eigenvalue weighted by molar-refractivity contribution is 0.199. The molecule has 0 radical (unpaired) electrons. The summed E-state index contributed by atoms with van der Waals surface area (Å²) in [4.78, 5) is 4.14. The molecule has 1 atom stereocenters. The zero-order valence-electron chi connectivity index (χ0n) is 12.4. The number of halogens is 1. The van der Waals surface area contributed by atoms with E-state index >= 15 is 0 Å². The van der Waals surface area contributed by atoms with Crippen LogP contribution in [0.15, 0.2) is 18.2 Å². The summed E-state index contributed by atoms with van der Waals surface area (Å²) >= 11 is 0. The first-order valence-corrected chi connectivity index (χ1v) is 6.83. The second-order valence-electron chi connectivity index (χ2n) is 5.18. The fourth-order valence-electron chi connectivity index (χ4n) is 1.98. The van der Waals surface area contributed by atoms with Gasteiger partial charge in [-0.2, -0.15) is 0 Å². The Morgan fingerprint density at radius 2 is 1.89 bits per heavy atom. The summed E-state index contributed by atoms with van der Waals surface area (Å²) in [5.74, 6) is -0.259. The molecule has 0 saturated carbocycles. The van der Waals surface area contributed by atoms with E-state index in [-0.39, 0.29) is 5.82 Å². The van der Waals surface area contributed by atoms with Gasteiger partial charge in [-0.05, 0) is 45.1 Å². The topological polar surface area (TPSA) is 26.7 Å². The number of likely N-dealkylation sites (N-methyl/N-ethyl adjacent to an activating group) is 1. The molecule has 1 aromatic carbocycles. The zero-order valence-corrected chi connectivity index (χ0v) is 12.4. The Hall–Kier alpha value is -1.13. The normalized spacial score (nSPS) is 12.8. The van der Waals surface area contributed by atoms with Gasteiger partial charge < -0.3 is 14.9 Å². The third kappa shape index (κ3) is 4.80. The minimum absolute atomic E-state index is 0.259. The maximum Gasteiger partial charge on any atom is 0.146 e. The third-order valence-electron chi connectivity index (χ3n) is 3.11. The molecule has 0 heterocycles. The number of rotatable bonds is 7. The van der Waals surface area contributed by atoms with Crippen LogP contribution >= 0.6 is 0 Å². The van der Waals surface area contributed by atoms with Crippen LogP contribution in [0.4, 0.5) is 10.1 Å². The molecule has 0 unspecified atom stereocenters. The van der Waals surface area contributed by atoms with E-state index in [1.165, 1.54) is 6.07 Å². The Balaban J connectivity index is 2.89. The second-order valence-corrected chi connectivity index (χ2v) is 5.18. The average molecular weight is 268 g/mol. The largest absolute Gasteiger partial charge is 0.389 e. The van der Waals surface area contributed by atoms with Crippen LogP contribution in [0.5, 0.6) is 0 Å². The summed E-state index contributed by atoms with van der Waals surface area (Å²) in [6.45, 7) is 6.25. The van der Waals surface area contributed by atoms with E-state index in [2.05, 4.69) is 16.7 Å². The molecule has 0 aliphatic heterocycles. The number of hydrogen-bond donors (Lipinski definition) is 1. The molecule has 4 heteroatoms. The van der Waals surface area contributed by atoms with Gasteiger partial charge in [0.05, 0.1) is 11.8 Å². The van der Waals surface area contributed by atoms with Crippen LogP contribution in [0.2, 0.25) is 0 Å². The van der Waals surface area contributed by atoms with Gasteiger partial charge in [0.1, 0.15) is 5.82 Å². The number of aliphatic hydroxyl groups is 1. The summed E-state index contributed by atoms with van der Waals surface area (Å²) in [5.41, 5.74) is 1.23. The number of nitrogens with zero attached hydrogens (tertiary/aromatic N) is 2. The lowest BCUT2D eigenvalue weighted by atomic mass is 10.1. The van der Waals surface area contributed by atoms with E-state index in [1.54, 1.807) is 19.1 Å². The molecular weight excluding hydrogens is 243 g/mol.